The Morgan fingerprint density at radius 2 is 1.27 bits per heavy atom. The van der Waals surface area contributed by atoms with E-state index in [9.17, 15) is 31.1 Å². The molecule has 0 amide bonds. The van der Waals surface area contributed by atoms with Crippen LogP contribution in [0.4, 0.5) is 26.3 Å². The van der Waals surface area contributed by atoms with Crippen LogP contribution in [-0.4, -0.2) is 24.0 Å². The van der Waals surface area contributed by atoms with E-state index in [1.165, 1.54) is 36.5 Å². The fourth-order valence-corrected chi connectivity index (χ4v) is 2.68. The summed E-state index contributed by atoms with van der Waals surface area (Å²) in [6.45, 7) is 0. The van der Waals surface area contributed by atoms with E-state index in [2.05, 4.69) is 14.5 Å². The van der Waals surface area contributed by atoms with Crippen molar-refractivity contribution in [2.24, 2.45) is 0 Å². The topological polar surface area (TPSA) is 48.4 Å². The Hall–Kier alpha value is -3.56. The first-order valence-corrected chi connectivity index (χ1v) is 8.22. The lowest BCUT2D eigenvalue weighted by Crippen LogP contribution is -2.17. The third-order valence-electron chi connectivity index (χ3n) is 3.79. The molecule has 0 saturated carbocycles. The van der Waals surface area contributed by atoms with Gasteiger partial charge in [0.2, 0.25) is 0 Å². The maximum atomic E-state index is 12.4. The number of carbonyl (C=O) groups excluding carboxylic acids is 1. The van der Waals surface area contributed by atoms with E-state index in [-0.39, 0.29) is 16.8 Å². The van der Waals surface area contributed by atoms with Gasteiger partial charge >= 0.3 is 12.7 Å². The number of carbonyl (C=O) groups is 1. The summed E-state index contributed by atoms with van der Waals surface area (Å²) in [6.07, 6.45) is -8.02. The molecule has 0 aliphatic carbocycles. The molecule has 0 aliphatic rings. The molecule has 30 heavy (non-hydrogen) atoms. The molecule has 3 rings (SSSR count). The second-order valence-corrected chi connectivity index (χ2v) is 5.93. The Balaban J connectivity index is 1.96. The summed E-state index contributed by atoms with van der Waals surface area (Å²) in [4.78, 5) is 15.6. The first-order chi connectivity index (χ1) is 14.0. The van der Waals surface area contributed by atoms with Gasteiger partial charge in [0, 0.05) is 22.9 Å². The Kier molecular flexibility index (Phi) is 5.68. The average molecular weight is 427 g/mol. The highest BCUT2D eigenvalue weighted by atomic mass is 19.4. The van der Waals surface area contributed by atoms with Gasteiger partial charge in [-0.25, -0.2) is 0 Å². The highest BCUT2D eigenvalue weighted by Crippen LogP contribution is 2.32. The van der Waals surface area contributed by atoms with Gasteiger partial charge in [-0.3, -0.25) is 9.78 Å². The van der Waals surface area contributed by atoms with Crippen molar-refractivity contribution in [1.82, 2.24) is 4.98 Å². The summed E-state index contributed by atoms with van der Waals surface area (Å²) in [7, 11) is 0. The monoisotopic (exact) mass is 427 g/mol. The first-order valence-electron chi connectivity index (χ1n) is 8.22. The van der Waals surface area contributed by atoms with Crippen LogP contribution in [0.25, 0.3) is 22.4 Å². The minimum Gasteiger partial charge on any atom is -0.406 e. The lowest BCUT2D eigenvalue weighted by Gasteiger charge is -2.12. The quantitative estimate of drug-likeness (QED) is 0.369. The Bertz CT molecular complexity index is 1060. The van der Waals surface area contributed by atoms with Crippen LogP contribution in [-0.2, 0) is 0 Å². The molecule has 0 N–H and O–H groups in total. The molecule has 0 saturated heterocycles. The lowest BCUT2D eigenvalue weighted by atomic mass is 10.0. The summed E-state index contributed by atoms with van der Waals surface area (Å²) >= 11 is 0. The van der Waals surface area contributed by atoms with Gasteiger partial charge in [-0.05, 0) is 35.9 Å². The normalized spacial score (nSPS) is 11.8. The smallest absolute Gasteiger partial charge is 0.406 e. The van der Waals surface area contributed by atoms with Crippen LogP contribution < -0.4 is 9.47 Å². The molecule has 1 aromatic heterocycles. The third kappa shape index (κ3) is 5.49. The van der Waals surface area contributed by atoms with Gasteiger partial charge in [-0.2, -0.15) is 0 Å². The van der Waals surface area contributed by atoms with Crippen LogP contribution in [0, 0.1) is 0 Å². The Labute approximate surface area is 165 Å². The number of pyridine rings is 1. The fraction of sp³-hybridized carbons (Fsp3) is 0.100. The van der Waals surface area contributed by atoms with Crippen LogP contribution in [0.5, 0.6) is 11.5 Å². The van der Waals surface area contributed by atoms with Crippen LogP contribution in [0.2, 0.25) is 0 Å². The zero-order valence-electron chi connectivity index (χ0n) is 14.8. The van der Waals surface area contributed by atoms with Gasteiger partial charge in [0.15, 0.2) is 6.29 Å². The number of hydrogen-bond donors (Lipinski definition) is 0. The second-order valence-electron chi connectivity index (χ2n) is 5.93. The van der Waals surface area contributed by atoms with Crippen molar-refractivity contribution in [3.63, 3.8) is 0 Å². The van der Waals surface area contributed by atoms with Gasteiger partial charge < -0.3 is 9.47 Å². The first kappa shape index (κ1) is 21.2. The molecule has 156 valence electrons. The zero-order chi connectivity index (χ0) is 21.9. The number of benzene rings is 2. The van der Waals surface area contributed by atoms with Gasteiger partial charge in [-0.15, -0.1) is 26.3 Å². The molecule has 10 heteroatoms. The number of rotatable bonds is 5. The van der Waals surface area contributed by atoms with E-state index in [1.807, 2.05) is 0 Å². The van der Waals surface area contributed by atoms with Gasteiger partial charge in [0.25, 0.3) is 0 Å². The SMILES string of the molecule is O=Cc1cc(-c2cccc(OC(F)(F)F)c2)cnc1-c1cccc(OC(F)(F)F)c1. The molecular formula is C20H11F6NO3. The van der Waals surface area contributed by atoms with E-state index in [4.69, 9.17) is 0 Å². The highest BCUT2D eigenvalue weighted by molar-refractivity contribution is 5.88. The largest absolute Gasteiger partial charge is 0.573 e. The van der Waals surface area contributed by atoms with E-state index in [0.29, 0.717) is 17.4 Å². The molecule has 0 unspecified atom stereocenters. The van der Waals surface area contributed by atoms with Gasteiger partial charge in [-0.1, -0.05) is 24.3 Å². The third-order valence-corrected chi connectivity index (χ3v) is 3.79. The number of aldehydes is 1. The molecule has 0 spiro atoms. The van der Waals surface area contributed by atoms with Crippen molar-refractivity contribution in [3.05, 3.63) is 66.4 Å². The van der Waals surface area contributed by atoms with E-state index in [1.54, 1.807) is 0 Å². The minimum absolute atomic E-state index is 0.0267. The predicted octanol–water partition coefficient (Wildman–Crippen LogP) is 6.03. The molecule has 1 heterocycles. The van der Waals surface area contributed by atoms with Crippen LogP contribution in [0.15, 0.2) is 60.8 Å². The van der Waals surface area contributed by atoms with Crippen LogP contribution >= 0.6 is 0 Å². The number of alkyl halides is 6. The van der Waals surface area contributed by atoms with E-state index >= 15 is 0 Å². The Morgan fingerprint density at radius 3 is 1.80 bits per heavy atom. The molecule has 3 aromatic rings. The maximum Gasteiger partial charge on any atom is 0.573 e. The second kappa shape index (κ2) is 8.05. The fourth-order valence-electron chi connectivity index (χ4n) is 2.68. The van der Waals surface area contributed by atoms with Crippen molar-refractivity contribution in [2.45, 2.75) is 12.7 Å². The van der Waals surface area contributed by atoms with Crippen molar-refractivity contribution >= 4 is 6.29 Å². The Morgan fingerprint density at radius 1 is 0.733 bits per heavy atom. The number of hydrogen-bond acceptors (Lipinski definition) is 4. The van der Waals surface area contributed by atoms with Crippen molar-refractivity contribution in [3.8, 4) is 33.9 Å². The molecule has 0 aliphatic heterocycles. The van der Waals surface area contributed by atoms with Crippen molar-refractivity contribution < 1.29 is 40.6 Å². The molecule has 0 radical (unpaired) electrons. The van der Waals surface area contributed by atoms with E-state index in [0.717, 1.165) is 24.3 Å². The number of halogens is 6. The average Bonchev–Trinajstić information content (AvgIpc) is 2.65. The predicted molar refractivity (Wildman–Crippen MR) is 93.9 cm³/mol. The summed E-state index contributed by atoms with van der Waals surface area (Å²) in [6, 6.07) is 11.3. The number of ether oxygens (including phenoxy) is 2. The number of aromatic nitrogens is 1. The van der Waals surface area contributed by atoms with Crippen molar-refractivity contribution in [2.75, 3.05) is 0 Å². The van der Waals surface area contributed by atoms with Gasteiger partial charge in [0.05, 0.1) is 5.69 Å². The molecule has 2 aromatic carbocycles. The molecular weight excluding hydrogens is 416 g/mol. The number of nitrogens with zero attached hydrogens (tertiary/aromatic N) is 1. The van der Waals surface area contributed by atoms with Crippen molar-refractivity contribution in [1.29, 1.82) is 0 Å². The summed E-state index contributed by atoms with van der Waals surface area (Å²) in [5.74, 6) is -0.937. The molecule has 0 atom stereocenters. The van der Waals surface area contributed by atoms with Crippen LogP contribution in [0.3, 0.4) is 0 Å². The van der Waals surface area contributed by atoms with E-state index < -0.39 is 24.2 Å². The standard InChI is InChI=1S/C20H11F6NO3/c21-19(22,23)29-16-5-1-3-12(8-16)14-7-15(11-28)18(27-10-14)13-4-2-6-17(9-13)30-20(24,25)26/h1-11H. The van der Waals surface area contributed by atoms with Crippen LogP contribution in [0.1, 0.15) is 10.4 Å². The minimum atomic E-state index is -4.88. The maximum absolute atomic E-state index is 12.4. The summed E-state index contributed by atoms with van der Waals surface area (Å²) in [5.41, 5.74) is 0.923. The summed E-state index contributed by atoms with van der Waals surface area (Å²) in [5, 5.41) is 0. The molecule has 0 bridgehead atoms. The lowest BCUT2D eigenvalue weighted by molar-refractivity contribution is -0.275. The highest BCUT2D eigenvalue weighted by Gasteiger charge is 2.32. The molecule has 4 nitrogen and oxygen atoms in total. The summed E-state index contributed by atoms with van der Waals surface area (Å²) < 4.78 is 82.2. The van der Waals surface area contributed by atoms with Gasteiger partial charge in [0.1, 0.15) is 11.5 Å². The zero-order valence-corrected chi connectivity index (χ0v) is 14.8. The molecule has 0 fully saturated rings.